The monoisotopic (exact) mass is 283 g/mol. The van der Waals surface area contributed by atoms with Gasteiger partial charge in [-0.05, 0) is 26.0 Å². The van der Waals surface area contributed by atoms with Crippen LogP contribution in [0.25, 0.3) is 17.0 Å². The lowest BCUT2D eigenvalue weighted by Crippen LogP contribution is -2.22. The Morgan fingerprint density at radius 1 is 1.29 bits per heavy atom. The van der Waals surface area contributed by atoms with Gasteiger partial charge >= 0.3 is 5.97 Å². The summed E-state index contributed by atoms with van der Waals surface area (Å²) in [4.78, 5) is 30.9. The molecule has 0 atom stereocenters. The van der Waals surface area contributed by atoms with Gasteiger partial charge in [0.1, 0.15) is 5.69 Å². The largest absolute Gasteiger partial charge is 0.477 e. The van der Waals surface area contributed by atoms with Gasteiger partial charge in [-0.1, -0.05) is 12.1 Å². The van der Waals surface area contributed by atoms with Crippen LogP contribution in [0.2, 0.25) is 0 Å². The van der Waals surface area contributed by atoms with E-state index in [4.69, 9.17) is 0 Å². The van der Waals surface area contributed by atoms with E-state index in [1.807, 2.05) is 24.3 Å². The van der Waals surface area contributed by atoms with E-state index in [-0.39, 0.29) is 16.7 Å². The third kappa shape index (κ3) is 2.01. The van der Waals surface area contributed by atoms with Crippen molar-refractivity contribution in [1.82, 2.24) is 14.5 Å². The van der Waals surface area contributed by atoms with Gasteiger partial charge in [-0.25, -0.2) is 9.78 Å². The van der Waals surface area contributed by atoms with Crippen molar-refractivity contribution < 1.29 is 9.90 Å². The zero-order valence-electron chi connectivity index (χ0n) is 11.5. The maximum Gasteiger partial charge on any atom is 0.353 e. The van der Waals surface area contributed by atoms with E-state index in [0.717, 1.165) is 11.0 Å². The number of carboxylic acid groups (broad SMARTS) is 1. The zero-order chi connectivity index (χ0) is 15.1. The molecule has 2 heterocycles. The number of benzene rings is 1. The van der Waals surface area contributed by atoms with Gasteiger partial charge < -0.3 is 10.1 Å². The first-order valence-electron chi connectivity index (χ1n) is 6.40. The van der Waals surface area contributed by atoms with Gasteiger partial charge in [0.05, 0.1) is 11.0 Å². The molecule has 6 heteroatoms. The Kier molecular flexibility index (Phi) is 2.86. The Bertz CT molecular complexity index is 889. The van der Waals surface area contributed by atoms with Crippen LogP contribution >= 0.6 is 0 Å². The van der Waals surface area contributed by atoms with Crippen molar-refractivity contribution in [3.8, 4) is 5.95 Å². The van der Waals surface area contributed by atoms with E-state index >= 15 is 0 Å². The lowest BCUT2D eigenvalue weighted by atomic mass is 10.1. The molecule has 2 aromatic heterocycles. The molecule has 21 heavy (non-hydrogen) atoms. The standard InChI is InChI=1S/C15H13N3O3/c1-8-7-18(12(14(20)21)9(2)13(8)19)15-16-10-5-3-4-6-11(10)17-15/h3-7H,1-2H3,(H,16,17)(H,20,21). The summed E-state index contributed by atoms with van der Waals surface area (Å²) in [6.07, 6.45) is 1.50. The summed E-state index contributed by atoms with van der Waals surface area (Å²) in [5.74, 6) is -0.787. The minimum atomic E-state index is -1.16. The molecule has 0 aliphatic heterocycles. The molecule has 2 N–H and O–H groups in total. The number of carboxylic acids is 1. The Hall–Kier alpha value is -2.89. The van der Waals surface area contributed by atoms with Crippen LogP contribution in [0.15, 0.2) is 35.3 Å². The second-order valence-corrected chi connectivity index (χ2v) is 4.87. The second-order valence-electron chi connectivity index (χ2n) is 4.87. The number of imidazole rings is 1. The third-order valence-electron chi connectivity index (χ3n) is 3.43. The number of pyridine rings is 1. The van der Waals surface area contributed by atoms with E-state index in [9.17, 15) is 14.7 Å². The molecular formula is C15H13N3O3. The lowest BCUT2D eigenvalue weighted by Gasteiger charge is -2.11. The first kappa shape index (κ1) is 13.1. The Labute approximate surface area is 119 Å². The highest BCUT2D eigenvalue weighted by Crippen LogP contribution is 2.16. The van der Waals surface area contributed by atoms with E-state index < -0.39 is 5.97 Å². The van der Waals surface area contributed by atoms with Gasteiger partial charge in [-0.2, -0.15) is 0 Å². The summed E-state index contributed by atoms with van der Waals surface area (Å²) in [5, 5.41) is 9.40. The van der Waals surface area contributed by atoms with Crippen LogP contribution in [0.5, 0.6) is 0 Å². The summed E-state index contributed by atoms with van der Waals surface area (Å²) in [6, 6.07) is 7.41. The molecule has 3 aromatic rings. The van der Waals surface area contributed by atoms with E-state index in [1.165, 1.54) is 17.7 Å². The van der Waals surface area contributed by atoms with E-state index in [0.29, 0.717) is 11.5 Å². The third-order valence-corrected chi connectivity index (χ3v) is 3.43. The number of aromatic amines is 1. The fourth-order valence-electron chi connectivity index (χ4n) is 2.38. The van der Waals surface area contributed by atoms with Gasteiger partial charge in [0.15, 0.2) is 5.43 Å². The van der Waals surface area contributed by atoms with Crippen molar-refractivity contribution in [2.75, 3.05) is 0 Å². The number of rotatable bonds is 2. The summed E-state index contributed by atoms with van der Waals surface area (Å²) in [5.41, 5.74) is 1.86. The summed E-state index contributed by atoms with van der Waals surface area (Å²) >= 11 is 0. The molecule has 0 aliphatic carbocycles. The Morgan fingerprint density at radius 2 is 2.00 bits per heavy atom. The zero-order valence-corrected chi connectivity index (χ0v) is 11.5. The van der Waals surface area contributed by atoms with Crippen molar-refractivity contribution in [1.29, 1.82) is 0 Å². The average molecular weight is 283 g/mol. The highest BCUT2D eigenvalue weighted by molar-refractivity contribution is 5.88. The molecule has 1 aromatic carbocycles. The number of nitrogens with one attached hydrogen (secondary N) is 1. The van der Waals surface area contributed by atoms with E-state index in [1.54, 1.807) is 6.92 Å². The Morgan fingerprint density at radius 3 is 2.67 bits per heavy atom. The van der Waals surface area contributed by atoms with Crippen molar-refractivity contribution in [2.24, 2.45) is 0 Å². The van der Waals surface area contributed by atoms with Crippen LogP contribution in [0.4, 0.5) is 0 Å². The molecule has 0 unspecified atom stereocenters. The highest BCUT2D eigenvalue weighted by Gasteiger charge is 2.19. The van der Waals surface area contributed by atoms with Crippen LogP contribution < -0.4 is 5.43 Å². The second kappa shape index (κ2) is 4.59. The first-order chi connectivity index (χ1) is 9.99. The van der Waals surface area contributed by atoms with Crippen LogP contribution in [0.1, 0.15) is 21.6 Å². The molecule has 0 fully saturated rings. The summed E-state index contributed by atoms with van der Waals surface area (Å²) in [7, 11) is 0. The normalized spacial score (nSPS) is 11.0. The number of aryl methyl sites for hydroxylation is 1. The first-order valence-corrected chi connectivity index (χ1v) is 6.40. The van der Waals surface area contributed by atoms with Gasteiger partial charge in [0, 0.05) is 17.3 Å². The number of para-hydroxylation sites is 2. The SMILES string of the molecule is Cc1cn(-c2nc3ccccc3[nH]2)c(C(=O)O)c(C)c1=O. The number of nitrogens with zero attached hydrogens (tertiary/aromatic N) is 2. The number of carbonyl (C=O) groups is 1. The number of hydrogen-bond donors (Lipinski definition) is 2. The number of fused-ring (bicyclic) bond motifs is 1. The predicted molar refractivity (Wildman–Crippen MR) is 78.1 cm³/mol. The molecule has 0 bridgehead atoms. The molecule has 106 valence electrons. The fraction of sp³-hybridized carbons (Fsp3) is 0.133. The molecular weight excluding hydrogens is 270 g/mol. The van der Waals surface area contributed by atoms with E-state index in [2.05, 4.69) is 9.97 Å². The maximum absolute atomic E-state index is 11.9. The number of hydrogen-bond acceptors (Lipinski definition) is 3. The molecule has 0 saturated carbocycles. The van der Waals surface area contributed by atoms with Gasteiger partial charge in [-0.3, -0.25) is 9.36 Å². The van der Waals surface area contributed by atoms with Crippen molar-refractivity contribution >= 4 is 17.0 Å². The molecule has 0 radical (unpaired) electrons. The lowest BCUT2D eigenvalue weighted by molar-refractivity contribution is 0.0686. The molecule has 0 saturated heterocycles. The van der Waals surface area contributed by atoms with Crippen LogP contribution in [-0.2, 0) is 0 Å². The van der Waals surface area contributed by atoms with Gasteiger partial charge in [-0.15, -0.1) is 0 Å². The number of aromatic carboxylic acids is 1. The minimum Gasteiger partial charge on any atom is -0.477 e. The number of aromatic nitrogens is 3. The summed E-state index contributed by atoms with van der Waals surface area (Å²) in [6.45, 7) is 3.16. The van der Waals surface area contributed by atoms with Gasteiger partial charge in [0.2, 0.25) is 5.95 Å². The van der Waals surface area contributed by atoms with Crippen LogP contribution in [0, 0.1) is 13.8 Å². The molecule has 6 nitrogen and oxygen atoms in total. The maximum atomic E-state index is 11.9. The predicted octanol–water partition coefficient (Wildman–Crippen LogP) is 2.03. The summed E-state index contributed by atoms with van der Waals surface area (Å²) < 4.78 is 1.41. The molecule has 0 aliphatic rings. The molecule has 0 amide bonds. The van der Waals surface area contributed by atoms with Crippen molar-refractivity contribution in [3.63, 3.8) is 0 Å². The quantitative estimate of drug-likeness (QED) is 0.753. The van der Waals surface area contributed by atoms with Crippen LogP contribution in [0.3, 0.4) is 0 Å². The average Bonchev–Trinajstić information content (AvgIpc) is 2.87. The minimum absolute atomic E-state index is 0.0790. The van der Waals surface area contributed by atoms with Gasteiger partial charge in [0.25, 0.3) is 0 Å². The molecule has 3 rings (SSSR count). The highest BCUT2D eigenvalue weighted by atomic mass is 16.4. The Balaban J connectivity index is 2.36. The van der Waals surface area contributed by atoms with Crippen LogP contribution in [-0.4, -0.2) is 25.6 Å². The fourth-order valence-corrected chi connectivity index (χ4v) is 2.38. The van der Waals surface area contributed by atoms with Crippen molar-refractivity contribution in [3.05, 3.63) is 57.5 Å². The number of H-pyrrole nitrogens is 1. The topological polar surface area (TPSA) is 88.0 Å². The smallest absolute Gasteiger partial charge is 0.353 e. The molecule has 0 spiro atoms. The van der Waals surface area contributed by atoms with Crippen molar-refractivity contribution in [2.45, 2.75) is 13.8 Å².